The van der Waals surface area contributed by atoms with Crippen LogP contribution in [0.15, 0.2) is 72.1 Å². The predicted octanol–water partition coefficient (Wildman–Crippen LogP) is 4.71. The molecule has 2 aromatic carbocycles. The summed E-state index contributed by atoms with van der Waals surface area (Å²) in [7, 11) is 0. The standard InChI is InChI=1S/C22H20N4O2S/c1-15-13-20(24-21(27)16(2)28-18-11-7-4-8-12-18)26(25-15)22-23-19(14-29-22)17-9-5-3-6-10-17/h3-14,16H,1-2H3,(H,24,27)/t16-/m0/s1. The van der Waals surface area contributed by atoms with E-state index in [0.29, 0.717) is 16.7 Å². The van der Waals surface area contributed by atoms with Crippen molar-refractivity contribution in [1.82, 2.24) is 14.8 Å². The molecule has 2 heterocycles. The van der Waals surface area contributed by atoms with Crippen LogP contribution < -0.4 is 10.1 Å². The van der Waals surface area contributed by atoms with E-state index in [9.17, 15) is 4.79 Å². The Kier molecular flexibility index (Phi) is 5.39. The van der Waals surface area contributed by atoms with E-state index in [1.807, 2.05) is 79.0 Å². The van der Waals surface area contributed by atoms with Crippen LogP contribution in [0, 0.1) is 6.92 Å². The number of benzene rings is 2. The third-order valence-corrected chi connectivity index (χ3v) is 5.07. The molecule has 0 bridgehead atoms. The van der Waals surface area contributed by atoms with Gasteiger partial charge in [0.05, 0.1) is 11.4 Å². The van der Waals surface area contributed by atoms with E-state index >= 15 is 0 Å². The van der Waals surface area contributed by atoms with Gasteiger partial charge in [-0.2, -0.15) is 9.78 Å². The molecular weight excluding hydrogens is 384 g/mol. The van der Waals surface area contributed by atoms with E-state index in [2.05, 4.69) is 15.4 Å². The largest absolute Gasteiger partial charge is 0.481 e. The summed E-state index contributed by atoms with van der Waals surface area (Å²) < 4.78 is 7.36. The topological polar surface area (TPSA) is 69.0 Å². The Morgan fingerprint density at radius 2 is 1.79 bits per heavy atom. The first-order valence-electron chi connectivity index (χ1n) is 9.21. The van der Waals surface area contributed by atoms with E-state index < -0.39 is 6.10 Å². The van der Waals surface area contributed by atoms with Gasteiger partial charge >= 0.3 is 0 Å². The summed E-state index contributed by atoms with van der Waals surface area (Å²) in [5.74, 6) is 0.951. The molecule has 1 atom stereocenters. The van der Waals surface area contributed by atoms with Crippen LogP contribution in [0.3, 0.4) is 0 Å². The van der Waals surface area contributed by atoms with Crippen molar-refractivity contribution in [2.45, 2.75) is 20.0 Å². The van der Waals surface area contributed by atoms with Gasteiger partial charge in [0, 0.05) is 17.0 Å². The van der Waals surface area contributed by atoms with E-state index in [1.165, 1.54) is 11.3 Å². The molecule has 29 heavy (non-hydrogen) atoms. The van der Waals surface area contributed by atoms with Crippen molar-refractivity contribution < 1.29 is 9.53 Å². The minimum atomic E-state index is -0.655. The maximum atomic E-state index is 12.6. The number of hydrogen-bond acceptors (Lipinski definition) is 5. The van der Waals surface area contributed by atoms with E-state index in [0.717, 1.165) is 17.0 Å². The number of ether oxygens (including phenoxy) is 1. The number of carbonyl (C=O) groups excluding carboxylic acids is 1. The zero-order valence-corrected chi connectivity index (χ0v) is 16.9. The van der Waals surface area contributed by atoms with Crippen molar-refractivity contribution in [3.8, 4) is 22.1 Å². The normalized spacial score (nSPS) is 11.8. The minimum Gasteiger partial charge on any atom is -0.481 e. The Morgan fingerprint density at radius 1 is 1.10 bits per heavy atom. The Morgan fingerprint density at radius 3 is 2.52 bits per heavy atom. The minimum absolute atomic E-state index is 0.255. The zero-order chi connectivity index (χ0) is 20.2. The highest BCUT2D eigenvalue weighted by atomic mass is 32.1. The highest BCUT2D eigenvalue weighted by Crippen LogP contribution is 2.26. The summed E-state index contributed by atoms with van der Waals surface area (Å²) >= 11 is 1.47. The maximum absolute atomic E-state index is 12.6. The molecule has 0 aliphatic heterocycles. The predicted molar refractivity (Wildman–Crippen MR) is 115 cm³/mol. The van der Waals surface area contributed by atoms with Crippen LogP contribution in [-0.2, 0) is 4.79 Å². The van der Waals surface area contributed by atoms with Crippen molar-refractivity contribution in [3.05, 3.63) is 77.8 Å². The van der Waals surface area contributed by atoms with Gasteiger partial charge in [-0.15, -0.1) is 11.3 Å². The molecule has 4 aromatic rings. The molecule has 1 N–H and O–H groups in total. The van der Waals surface area contributed by atoms with Crippen molar-refractivity contribution in [1.29, 1.82) is 0 Å². The maximum Gasteiger partial charge on any atom is 0.266 e. The van der Waals surface area contributed by atoms with E-state index in [4.69, 9.17) is 4.74 Å². The number of anilines is 1. The second kappa shape index (κ2) is 8.28. The smallest absolute Gasteiger partial charge is 0.266 e. The number of carbonyl (C=O) groups is 1. The highest BCUT2D eigenvalue weighted by molar-refractivity contribution is 7.12. The lowest BCUT2D eigenvalue weighted by atomic mass is 10.2. The van der Waals surface area contributed by atoms with Crippen LogP contribution in [0.4, 0.5) is 5.82 Å². The quantitative estimate of drug-likeness (QED) is 0.505. The van der Waals surface area contributed by atoms with Gasteiger partial charge in [-0.25, -0.2) is 4.98 Å². The SMILES string of the molecule is Cc1cc(NC(=O)[C@H](C)Oc2ccccc2)n(-c2nc(-c3ccccc3)cs2)n1. The molecule has 0 saturated carbocycles. The van der Waals surface area contributed by atoms with Gasteiger partial charge in [-0.3, -0.25) is 4.79 Å². The van der Waals surface area contributed by atoms with Crippen molar-refractivity contribution in [2.24, 2.45) is 0 Å². The molecule has 0 aliphatic rings. The van der Waals surface area contributed by atoms with E-state index in [1.54, 1.807) is 11.6 Å². The lowest BCUT2D eigenvalue weighted by molar-refractivity contribution is -0.122. The fourth-order valence-corrected chi connectivity index (χ4v) is 3.62. The third kappa shape index (κ3) is 4.35. The number of aryl methyl sites for hydroxylation is 1. The number of rotatable bonds is 6. The molecule has 0 fully saturated rings. The van der Waals surface area contributed by atoms with Crippen LogP contribution in [0.5, 0.6) is 5.75 Å². The summed E-state index contributed by atoms with van der Waals surface area (Å²) in [5, 5.41) is 10.1. The summed E-state index contributed by atoms with van der Waals surface area (Å²) in [6.07, 6.45) is -0.655. The lowest BCUT2D eigenvalue weighted by Gasteiger charge is -2.14. The molecule has 0 saturated heterocycles. The van der Waals surface area contributed by atoms with E-state index in [-0.39, 0.29) is 5.91 Å². The van der Waals surface area contributed by atoms with Crippen LogP contribution in [0.2, 0.25) is 0 Å². The Labute approximate surface area is 172 Å². The van der Waals surface area contributed by atoms with Gasteiger partial charge in [0.1, 0.15) is 11.6 Å². The Balaban J connectivity index is 1.53. The fraction of sp³-hybridized carbons (Fsp3) is 0.136. The number of para-hydroxylation sites is 1. The van der Waals surface area contributed by atoms with Gasteiger partial charge in [0.15, 0.2) is 6.10 Å². The Bertz CT molecular complexity index is 1110. The number of aromatic nitrogens is 3. The average molecular weight is 404 g/mol. The van der Waals surface area contributed by atoms with Crippen molar-refractivity contribution in [3.63, 3.8) is 0 Å². The van der Waals surface area contributed by atoms with Gasteiger partial charge in [-0.05, 0) is 26.0 Å². The molecule has 7 heteroatoms. The number of nitrogens with zero attached hydrogens (tertiary/aromatic N) is 3. The monoisotopic (exact) mass is 404 g/mol. The highest BCUT2D eigenvalue weighted by Gasteiger charge is 2.19. The first-order valence-corrected chi connectivity index (χ1v) is 10.1. The lowest BCUT2D eigenvalue weighted by Crippen LogP contribution is -2.30. The molecule has 146 valence electrons. The third-order valence-electron chi connectivity index (χ3n) is 4.25. The number of hydrogen-bond donors (Lipinski definition) is 1. The molecule has 0 unspecified atom stereocenters. The molecule has 4 rings (SSSR count). The van der Waals surface area contributed by atoms with Crippen molar-refractivity contribution in [2.75, 3.05) is 5.32 Å². The summed E-state index contributed by atoms with van der Waals surface area (Å²) in [4.78, 5) is 17.3. The molecule has 0 aliphatic carbocycles. The summed E-state index contributed by atoms with van der Waals surface area (Å²) in [6, 6.07) is 21.0. The average Bonchev–Trinajstić information content (AvgIpc) is 3.36. The molecule has 6 nitrogen and oxygen atoms in total. The number of amides is 1. The fourth-order valence-electron chi connectivity index (χ4n) is 2.82. The van der Waals surface area contributed by atoms with Crippen molar-refractivity contribution >= 4 is 23.1 Å². The Hall–Kier alpha value is -3.45. The van der Waals surface area contributed by atoms with Crippen LogP contribution in [0.25, 0.3) is 16.4 Å². The summed E-state index contributed by atoms with van der Waals surface area (Å²) in [5.41, 5.74) is 2.69. The van der Waals surface area contributed by atoms with Crippen LogP contribution in [0.1, 0.15) is 12.6 Å². The number of nitrogens with one attached hydrogen (secondary N) is 1. The molecule has 1 amide bonds. The summed E-state index contributed by atoms with van der Waals surface area (Å²) in [6.45, 7) is 3.59. The van der Waals surface area contributed by atoms with Gasteiger partial charge in [0.2, 0.25) is 5.13 Å². The number of thiazole rings is 1. The molecule has 0 spiro atoms. The molecular formula is C22H20N4O2S. The second-order valence-corrected chi connectivity index (χ2v) is 7.36. The van der Waals surface area contributed by atoms with Gasteiger partial charge in [-0.1, -0.05) is 48.5 Å². The van der Waals surface area contributed by atoms with Gasteiger partial charge < -0.3 is 10.1 Å². The zero-order valence-electron chi connectivity index (χ0n) is 16.1. The molecule has 0 radical (unpaired) electrons. The van der Waals surface area contributed by atoms with Gasteiger partial charge in [0.25, 0.3) is 5.91 Å². The molecule has 2 aromatic heterocycles. The first kappa shape index (κ1) is 18.9. The second-order valence-electron chi connectivity index (χ2n) is 6.53. The first-order chi connectivity index (χ1) is 14.1. The van der Waals surface area contributed by atoms with Crippen LogP contribution in [-0.4, -0.2) is 26.8 Å². The van der Waals surface area contributed by atoms with Crippen LogP contribution >= 0.6 is 11.3 Å².